The number of imide groups is 1. The Hall–Kier alpha value is -1.19. The molecule has 2 aliphatic rings. The van der Waals surface area contributed by atoms with Crippen molar-refractivity contribution in [2.24, 2.45) is 0 Å². The molecule has 0 aromatic rings. The molecule has 8 nitrogen and oxygen atoms in total. The first kappa shape index (κ1) is 13.2. The average Bonchev–Trinajstić information content (AvgIpc) is 2.84. The molecule has 0 aliphatic carbocycles. The fraction of sp³-hybridized carbons (Fsp3) is 0.778. The molecule has 0 aromatic carbocycles. The monoisotopic (exact) mass is 277 g/mol. The molecule has 0 spiro atoms. The number of amides is 3. The molecular formula is C9H15N3O5S. The molecule has 2 fully saturated rings. The van der Waals surface area contributed by atoms with E-state index in [1.807, 2.05) is 0 Å². The van der Waals surface area contributed by atoms with E-state index in [9.17, 15) is 18.0 Å². The molecule has 0 bridgehead atoms. The largest absolute Gasteiger partial charge is 0.336 e. The Balaban J connectivity index is 1.92. The number of rotatable bonds is 3. The van der Waals surface area contributed by atoms with E-state index in [1.54, 1.807) is 0 Å². The van der Waals surface area contributed by atoms with Crippen LogP contribution in [0.3, 0.4) is 0 Å². The molecule has 2 N–H and O–H groups in total. The fourth-order valence-electron chi connectivity index (χ4n) is 2.08. The summed E-state index contributed by atoms with van der Waals surface area (Å²) in [5.41, 5.74) is 0. The van der Waals surface area contributed by atoms with Crippen molar-refractivity contribution in [1.82, 2.24) is 15.5 Å². The van der Waals surface area contributed by atoms with E-state index in [0.29, 0.717) is 13.1 Å². The summed E-state index contributed by atoms with van der Waals surface area (Å²) in [5, 5.41) is 5.40. The highest BCUT2D eigenvalue weighted by atomic mass is 32.2. The molecule has 2 heterocycles. The molecule has 0 saturated carbocycles. The van der Waals surface area contributed by atoms with Gasteiger partial charge in [0.2, 0.25) is 5.91 Å². The van der Waals surface area contributed by atoms with Crippen LogP contribution in [0.15, 0.2) is 0 Å². The molecular weight excluding hydrogens is 262 g/mol. The molecule has 0 radical (unpaired) electrons. The smallest absolute Gasteiger partial charge is 0.324 e. The van der Waals surface area contributed by atoms with E-state index >= 15 is 0 Å². The quantitative estimate of drug-likeness (QED) is 0.592. The molecule has 0 aromatic heterocycles. The van der Waals surface area contributed by atoms with Crippen LogP contribution < -0.4 is 10.6 Å². The lowest BCUT2D eigenvalue weighted by Crippen LogP contribution is -2.45. The summed E-state index contributed by atoms with van der Waals surface area (Å²) in [5.74, 6) is -0.343. The van der Waals surface area contributed by atoms with Crippen LogP contribution >= 0.6 is 0 Å². The van der Waals surface area contributed by atoms with Crippen LogP contribution in [-0.4, -0.2) is 63.3 Å². The number of nitrogens with zero attached hydrogens (tertiary/aromatic N) is 1. The van der Waals surface area contributed by atoms with Crippen molar-refractivity contribution in [3.05, 3.63) is 0 Å². The Morgan fingerprint density at radius 1 is 1.50 bits per heavy atom. The first-order chi connectivity index (χ1) is 8.37. The Bertz CT molecular complexity index is 463. The second-order valence-electron chi connectivity index (χ2n) is 4.34. The Morgan fingerprint density at radius 2 is 2.22 bits per heavy atom. The van der Waals surface area contributed by atoms with Crippen LogP contribution in [0.5, 0.6) is 0 Å². The van der Waals surface area contributed by atoms with E-state index in [4.69, 9.17) is 4.18 Å². The zero-order chi connectivity index (χ0) is 13.3. The normalized spacial score (nSPS) is 28.5. The lowest BCUT2D eigenvalue weighted by Gasteiger charge is -2.17. The fourth-order valence-corrected chi connectivity index (χ4v) is 2.72. The van der Waals surface area contributed by atoms with E-state index in [1.165, 1.54) is 0 Å². The molecule has 2 saturated heterocycles. The number of carbonyl (C=O) groups excluding carboxylic acids is 2. The molecule has 0 unspecified atom stereocenters. The third-order valence-corrected chi connectivity index (χ3v) is 3.44. The van der Waals surface area contributed by atoms with Gasteiger partial charge in [0, 0.05) is 26.1 Å². The minimum atomic E-state index is -3.53. The number of hydrogen-bond donors (Lipinski definition) is 2. The van der Waals surface area contributed by atoms with Crippen LogP contribution in [0.25, 0.3) is 0 Å². The summed E-state index contributed by atoms with van der Waals surface area (Å²) in [6, 6.07) is -0.977. The number of carbonyl (C=O) groups is 2. The van der Waals surface area contributed by atoms with Gasteiger partial charge in [0.1, 0.15) is 0 Å². The molecule has 9 heteroatoms. The van der Waals surface area contributed by atoms with Gasteiger partial charge in [0.15, 0.2) is 0 Å². The molecule has 2 aliphatic heterocycles. The summed E-state index contributed by atoms with van der Waals surface area (Å²) >= 11 is 0. The van der Waals surface area contributed by atoms with Crippen LogP contribution in [0, 0.1) is 0 Å². The maximum atomic E-state index is 12.0. The first-order valence-electron chi connectivity index (χ1n) is 5.57. The topological polar surface area (TPSA) is 105 Å². The predicted octanol–water partition coefficient (Wildman–Crippen LogP) is -1.76. The van der Waals surface area contributed by atoms with Crippen molar-refractivity contribution >= 4 is 22.1 Å². The van der Waals surface area contributed by atoms with Gasteiger partial charge in [-0.15, -0.1) is 0 Å². The van der Waals surface area contributed by atoms with E-state index < -0.39 is 28.3 Å². The van der Waals surface area contributed by atoms with E-state index in [0.717, 1.165) is 11.2 Å². The highest BCUT2D eigenvalue weighted by molar-refractivity contribution is 7.86. The van der Waals surface area contributed by atoms with Gasteiger partial charge in [-0.1, -0.05) is 0 Å². The molecule has 102 valence electrons. The third kappa shape index (κ3) is 2.98. The maximum Gasteiger partial charge on any atom is 0.324 e. The average molecular weight is 277 g/mol. The zero-order valence-electron chi connectivity index (χ0n) is 9.88. The van der Waals surface area contributed by atoms with Gasteiger partial charge in [-0.05, 0) is 0 Å². The van der Waals surface area contributed by atoms with Gasteiger partial charge >= 0.3 is 6.03 Å². The van der Waals surface area contributed by atoms with Gasteiger partial charge in [-0.3, -0.25) is 13.9 Å². The summed E-state index contributed by atoms with van der Waals surface area (Å²) in [6.45, 7) is 1.06. The lowest BCUT2D eigenvalue weighted by atomic mass is 10.2. The van der Waals surface area contributed by atoms with Crippen molar-refractivity contribution in [2.75, 3.05) is 25.9 Å². The highest BCUT2D eigenvalue weighted by Crippen LogP contribution is 2.15. The van der Waals surface area contributed by atoms with Gasteiger partial charge in [0.05, 0.1) is 18.4 Å². The van der Waals surface area contributed by atoms with Crippen LogP contribution in [-0.2, 0) is 19.1 Å². The summed E-state index contributed by atoms with van der Waals surface area (Å²) in [7, 11) is -3.53. The predicted molar refractivity (Wildman–Crippen MR) is 61.2 cm³/mol. The van der Waals surface area contributed by atoms with Crippen molar-refractivity contribution in [2.45, 2.75) is 18.6 Å². The summed E-state index contributed by atoms with van der Waals surface area (Å²) in [4.78, 5) is 24.4. The zero-order valence-corrected chi connectivity index (χ0v) is 10.7. The Morgan fingerprint density at radius 3 is 2.78 bits per heavy atom. The van der Waals surface area contributed by atoms with Crippen molar-refractivity contribution < 1.29 is 22.2 Å². The number of nitrogens with one attached hydrogen (secondary N) is 2. The second kappa shape index (κ2) is 4.82. The minimum absolute atomic E-state index is 0.246. The summed E-state index contributed by atoms with van der Waals surface area (Å²) < 4.78 is 26.7. The number of urea groups is 1. The van der Waals surface area contributed by atoms with Gasteiger partial charge in [0.25, 0.3) is 10.1 Å². The van der Waals surface area contributed by atoms with Crippen LogP contribution in [0.4, 0.5) is 4.79 Å². The first-order valence-corrected chi connectivity index (χ1v) is 7.39. The standard InChI is InChI=1S/C9H15N3O5S/c1-18(15,16)17-6-4-7(11-5-6)8(13)12-3-2-10-9(12)14/h6-7,11H,2-5H2,1H3,(H,10,14)/t6-,7+/m1/s1. The molecule has 3 amide bonds. The van der Waals surface area contributed by atoms with Gasteiger partial charge in [-0.2, -0.15) is 8.42 Å². The van der Waals surface area contributed by atoms with Gasteiger partial charge in [-0.25, -0.2) is 4.79 Å². The summed E-state index contributed by atoms with van der Waals surface area (Å²) in [6.07, 6.45) is 0.658. The van der Waals surface area contributed by atoms with Crippen LogP contribution in [0.2, 0.25) is 0 Å². The Kier molecular flexibility index (Phi) is 3.55. The lowest BCUT2D eigenvalue weighted by molar-refractivity contribution is -0.129. The maximum absolute atomic E-state index is 12.0. The van der Waals surface area contributed by atoms with Crippen molar-refractivity contribution in [3.8, 4) is 0 Å². The Labute approximate surface area is 105 Å². The SMILES string of the molecule is CS(=O)(=O)O[C@H]1CN[C@H](C(=O)N2CCNC2=O)C1. The molecule has 18 heavy (non-hydrogen) atoms. The third-order valence-electron chi connectivity index (χ3n) is 2.82. The second-order valence-corrected chi connectivity index (χ2v) is 5.94. The van der Waals surface area contributed by atoms with Gasteiger partial charge < -0.3 is 10.6 Å². The van der Waals surface area contributed by atoms with Crippen LogP contribution in [0.1, 0.15) is 6.42 Å². The minimum Gasteiger partial charge on any atom is -0.336 e. The van der Waals surface area contributed by atoms with E-state index in [-0.39, 0.29) is 18.9 Å². The van der Waals surface area contributed by atoms with Crippen molar-refractivity contribution in [1.29, 1.82) is 0 Å². The number of hydrogen-bond acceptors (Lipinski definition) is 6. The molecule has 2 rings (SSSR count). The van der Waals surface area contributed by atoms with Crippen molar-refractivity contribution in [3.63, 3.8) is 0 Å². The highest BCUT2D eigenvalue weighted by Gasteiger charge is 2.37. The van der Waals surface area contributed by atoms with E-state index in [2.05, 4.69) is 10.6 Å². The molecule has 2 atom stereocenters.